The predicted molar refractivity (Wildman–Crippen MR) is 53.7 cm³/mol. The Kier molecular flexibility index (Phi) is 2.23. The molecule has 1 aromatic rings. The summed E-state index contributed by atoms with van der Waals surface area (Å²) in [5.74, 6) is -0.292. The smallest absolute Gasteiger partial charge is 0.337 e. The number of rotatable bonds is 1. The molecule has 0 unspecified atom stereocenters. The van der Waals surface area contributed by atoms with Gasteiger partial charge in [-0.05, 0) is 35.5 Å². The van der Waals surface area contributed by atoms with Crippen molar-refractivity contribution in [3.63, 3.8) is 0 Å². The molecular formula is C11H11NO2. The number of methoxy groups -OCH3 is 1. The van der Waals surface area contributed by atoms with E-state index >= 15 is 0 Å². The molecular weight excluding hydrogens is 178 g/mol. The van der Waals surface area contributed by atoms with Gasteiger partial charge in [0.05, 0.1) is 12.7 Å². The predicted octanol–water partition coefficient (Wildman–Crippen LogP) is 1.55. The first-order chi connectivity index (χ1) is 6.81. The first kappa shape index (κ1) is 8.81. The minimum absolute atomic E-state index is 0.292. The molecule has 1 heterocycles. The van der Waals surface area contributed by atoms with Crippen molar-refractivity contribution in [2.75, 3.05) is 7.11 Å². The number of carbonyl (C=O) groups is 1. The second-order valence-corrected chi connectivity index (χ2v) is 3.12. The Morgan fingerprint density at radius 1 is 1.50 bits per heavy atom. The quantitative estimate of drug-likeness (QED) is 0.681. The molecule has 0 bridgehead atoms. The van der Waals surface area contributed by atoms with Crippen molar-refractivity contribution >= 4 is 12.0 Å². The molecule has 0 saturated heterocycles. The van der Waals surface area contributed by atoms with Crippen LogP contribution in [0, 0.1) is 0 Å². The number of carbonyl (C=O) groups excluding carboxylic acids is 1. The summed E-state index contributed by atoms with van der Waals surface area (Å²) in [5.41, 5.74) is 2.87. The second-order valence-electron chi connectivity index (χ2n) is 3.12. The zero-order valence-corrected chi connectivity index (χ0v) is 7.91. The maximum Gasteiger partial charge on any atom is 0.337 e. The van der Waals surface area contributed by atoms with Gasteiger partial charge in [-0.1, -0.05) is 6.07 Å². The van der Waals surface area contributed by atoms with E-state index in [2.05, 4.69) is 10.1 Å². The van der Waals surface area contributed by atoms with E-state index in [-0.39, 0.29) is 5.97 Å². The molecule has 0 fully saturated rings. The van der Waals surface area contributed by atoms with Crippen LogP contribution in [-0.4, -0.2) is 13.1 Å². The summed E-state index contributed by atoms with van der Waals surface area (Å²) in [6, 6.07) is 5.57. The highest BCUT2D eigenvalue weighted by Crippen LogP contribution is 2.16. The fourth-order valence-electron chi connectivity index (χ4n) is 1.47. The summed E-state index contributed by atoms with van der Waals surface area (Å²) >= 11 is 0. The first-order valence-electron chi connectivity index (χ1n) is 4.42. The van der Waals surface area contributed by atoms with Crippen molar-refractivity contribution in [1.82, 2.24) is 5.32 Å². The van der Waals surface area contributed by atoms with Gasteiger partial charge < -0.3 is 10.1 Å². The van der Waals surface area contributed by atoms with Gasteiger partial charge in [-0.25, -0.2) is 4.79 Å². The van der Waals surface area contributed by atoms with E-state index < -0.39 is 0 Å². The van der Waals surface area contributed by atoms with Crippen molar-refractivity contribution in [1.29, 1.82) is 0 Å². The van der Waals surface area contributed by atoms with Crippen LogP contribution in [0.2, 0.25) is 0 Å². The Bertz CT molecular complexity index is 396. The average molecular weight is 189 g/mol. The van der Waals surface area contributed by atoms with E-state index in [9.17, 15) is 4.79 Å². The lowest BCUT2D eigenvalue weighted by atomic mass is 10.0. The number of hydrogen-bond donors (Lipinski definition) is 1. The average Bonchev–Trinajstić information content (AvgIpc) is 2.27. The van der Waals surface area contributed by atoms with Crippen molar-refractivity contribution in [2.24, 2.45) is 0 Å². The van der Waals surface area contributed by atoms with Crippen molar-refractivity contribution < 1.29 is 9.53 Å². The third kappa shape index (κ3) is 1.48. The van der Waals surface area contributed by atoms with Gasteiger partial charge in [-0.15, -0.1) is 0 Å². The molecule has 0 saturated carbocycles. The SMILES string of the molecule is COC(=O)c1ccc2c(c1)C=CNC2. The number of nitrogens with one attached hydrogen (secondary N) is 1. The Morgan fingerprint density at radius 3 is 3.14 bits per heavy atom. The van der Waals surface area contributed by atoms with E-state index in [0.717, 1.165) is 12.1 Å². The van der Waals surface area contributed by atoms with E-state index in [1.54, 1.807) is 6.07 Å². The number of esters is 1. The van der Waals surface area contributed by atoms with Gasteiger partial charge in [0.15, 0.2) is 0 Å². The fourth-order valence-corrected chi connectivity index (χ4v) is 1.47. The highest BCUT2D eigenvalue weighted by Gasteiger charge is 2.09. The molecule has 14 heavy (non-hydrogen) atoms. The van der Waals surface area contributed by atoms with Crippen LogP contribution in [-0.2, 0) is 11.3 Å². The summed E-state index contributed by atoms with van der Waals surface area (Å²) < 4.78 is 4.65. The minimum atomic E-state index is -0.292. The van der Waals surface area contributed by atoms with Crippen LogP contribution < -0.4 is 5.32 Å². The molecule has 2 rings (SSSR count). The molecule has 3 nitrogen and oxygen atoms in total. The van der Waals surface area contributed by atoms with E-state index in [1.165, 1.54) is 12.7 Å². The van der Waals surface area contributed by atoms with Crippen LogP contribution in [0.1, 0.15) is 21.5 Å². The number of fused-ring (bicyclic) bond motifs is 1. The Hall–Kier alpha value is -1.77. The number of benzene rings is 1. The molecule has 0 spiro atoms. The molecule has 3 heteroatoms. The van der Waals surface area contributed by atoms with E-state index in [0.29, 0.717) is 5.56 Å². The van der Waals surface area contributed by atoms with Gasteiger partial charge in [-0.3, -0.25) is 0 Å². The number of hydrogen-bond acceptors (Lipinski definition) is 3. The normalized spacial score (nSPS) is 12.9. The highest BCUT2D eigenvalue weighted by atomic mass is 16.5. The zero-order chi connectivity index (χ0) is 9.97. The molecule has 1 aliphatic heterocycles. The monoisotopic (exact) mass is 189 g/mol. The topological polar surface area (TPSA) is 38.3 Å². The van der Waals surface area contributed by atoms with Gasteiger partial charge in [0.25, 0.3) is 0 Å². The van der Waals surface area contributed by atoms with E-state index in [4.69, 9.17) is 0 Å². The third-order valence-electron chi connectivity index (χ3n) is 2.24. The lowest BCUT2D eigenvalue weighted by Crippen LogP contribution is -2.11. The van der Waals surface area contributed by atoms with Crippen LogP contribution in [0.5, 0.6) is 0 Å². The lowest BCUT2D eigenvalue weighted by Gasteiger charge is -2.12. The second kappa shape index (κ2) is 3.54. The first-order valence-corrected chi connectivity index (χ1v) is 4.42. The molecule has 0 radical (unpaired) electrons. The van der Waals surface area contributed by atoms with Crippen LogP contribution in [0.4, 0.5) is 0 Å². The summed E-state index contributed by atoms with van der Waals surface area (Å²) in [6.45, 7) is 0.813. The standard InChI is InChI=1S/C11H11NO2/c1-14-11(13)9-2-3-10-7-12-5-4-8(10)6-9/h2-6,12H,7H2,1H3. The molecule has 0 aliphatic carbocycles. The van der Waals surface area contributed by atoms with Crippen molar-refractivity contribution in [3.8, 4) is 0 Å². The molecule has 0 aromatic heterocycles. The number of ether oxygens (including phenoxy) is 1. The largest absolute Gasteiger partial charge is 0.465 e. The van der Waals surface area contributed by atoms with Crippen LogP contribution in [0.25, 0.3) is 6.08 Å². The Balaban J connectivity index is 2.40. The Morgan fingerprint density at radius 2 is 2.36 bits per heavy atom. The van der Waals surface area contributed by atoms with Gasteiger partial charge in [0, 0.05) is 6.54 Å². The molecule has 1 aliphatic rings. The van der Waals surface area contributed by atoms with Crippen LogP contribution >= 0.6 is 0 Å². The summed E-state index contributed by atoms with van der Waals surface area (Å²) in [6.07, 6.45) is 3.83. The van der Waals surface area contributed by atoms with Crippen LogP contribution in [0.15, 0.2) is 24.4 Å². The summed E-state index contributed by atoms with van der Waals surface area (Å²) in [4.78, 5) is 11.2. The fraction of sp³-hybridized carbons (Fsp3) is 0.182. The molecule has 0 atom stereocenters. The summed E-state index contributed by atoms with van der Waals surface area (Å²) in [7, 11) is 1.39. The third-order valence-corrected chi connectivity index (χ3v) is 2.24. The Labute approximate surface area is 82.4 Å². The van der Waals surface area contributed by atoms with Crippen molar-refractivity contribution in [3.05, 3.63) is 41.1 Å². The summed E-state index contributed by atoms with van der Waals surface area (Å²) in [5, 5.41) is 3.11. The van der Waals surface area contributed by atoms with Crippen LogP contribution in [0.3, 0.4) is 0 Å². The highest BCUT2D eigenvalue weighted by molar-refractivity contribution is 5.90. The van der Waals surface area contributed by atoms with Gasteiger partial charge >= 0.3 is 5.97 Å². The van der Waals surface area contributed by atoms with Gasteiger partial charge in [-0.2, -0.15) is 0 Å². The molecule has 1 N–H and O–H groups in total. The van der Waals surface area contributed by atoms with Crippen molar-refractivity contribution in [2.45, 2.75) is 6.54 Å². The van der Waals surface area contributed by atoms with Gasteiger partial charge in [0.1, 0.15) is 0 Å². The molecule has 1 aromatic carbocycles. The maximum absolute atomic E-state index is 11.2. The molecule has 0 amide bonds. The van der Waals surface area contributed by atoms with E-state index in [1.807, 2.05) is 24.4 Å². The maximum atomic E-state index is 11.2. The zero-order valence-electron chi connectivity index (χ0n) is 7.91. The van der Waals surface area contributed by atoms with Gasteiger partial charge in [0.2, 0.25) is 0 Å². The molecule has 72 valence electrons. The minimum Gasteiger partial charge on any atom is -0.465 e. The lowest BCUT2D eigenvalue weighted by molar-refractivity contribution is 0.0600.